The molecule has 6 nitrogen and oxygen atoms in total. The third-order valence-corrected chi connectivity index (χ3v) is 14.3. The molecule has 300 valence electrons. The first-order valence-electron chi connectivity index (χ1n) is 22.3. The third-order valence-electron chi connectivity index (χ3n) is 14.3. The van der Waals surface area contributed by atoms with Gasteiger partial charge in [0.05, 0.1) is 38.8 Å². The van der Waals surface area contributed by atoms with Crippen molar-refractivity contribution in [1.29, 1.82) is 0 Å². The van der Waals surface area contributed by atoms with E-state index in [2.05, 4.69) is 175 Å². The summed E-state index contributed by atoms with van der Waals surface area (Å²) >= 11 is 0. The second kappa shape index (κ2) is 13.5. The number of benzene rings is 7. The van der Waals surface area contributed by atoms with Crippen LogP contribution in [0.15, 0.2) is 162 Å². The van der Waals surface area contributed by atoms with Crippen LogP contribution in [0.2, 0.25) is 0 Å². The molecule has 2 aliphatic rings. The number of fused-ring (bicyclic) bond motifs is 12. The lowest BCUT2D eigenvalue weighted by Gasteiger charge is -2.49. The Bertz CT molecular complexity index is 3520. The van der Waals surface area contributed by atoms with Crippen LogP contribution < -0.4 is 0 Å². The number of aromatic nitrogens is 5. The average molecular weight is 804 g/mol. The van der Waals surface area contributed by atoms with Crippen LogP contribution in [0.25, 0.3) is 99.7 Å². The normalized spacial score (nSPS) is 20.3. The van der Waals surface area contributed by atoms with E-state index >= 15 is 0 Å². The molecule has 7 aromatic carbocycles. The number of rotatable bonds is 5. The van der Waals surface area contributed by atoms with E-state index in [4.69, 9.17) is 19.4 Å². The van der Waals surface area contributed by atoms with Gasteiger partial charge in [0.1, 0.15) is 17.0 Å². The summed E-state index contributed by atoms with van der Waals surface area (Å²) in [5.74, 6) is 4.24. The number of para-hydroxylation sites is 6. The van der Waals surface area contributed by atoms with E-state index in [0.29, 0.717) is 29.4 Å². The summed E-state index contributed by atoms with van der Waals surface area (Å²) in [5.41, 5.74) is 10.2. The first kappa shape index (κ1) is 35.7. The van der Waals surface area contributed by atoms with Gasteiger partial charge in [0.15, 0.2) is 11.6 Å². The van der Waals surface area contributed by atoms with Crippen molar-refractivity contribution in [3.05, 3.63) is 164 Å². The Morgan fingerprint density at radius 1 is 0.468 bits per heavy atom. The van der Waals surface area contributed by atoms with E-state index in [0.717, 1.165) is 91.6 Å². The highest BCUT2D eigenvalue weighted by Gasteiger charge is 2.47. The number of nitrogens with zero attached hydrogens (tertiary/aromatic N) is 5. The van der Waals surface area contributed by atoms with Crippen LogP contribution in [0.1, 0.15) is 51.8 Å². The summed E-state index contributed by atoms with van der Waals surface area (Å²) in [6, 6.07) is 56.3. The van der Waals surface area contributed by atoms with Crippen LogP contribution in [0.3, 0.4) is 0 Å². The molecule has 4 atom stereocenters. The van der Waals surface area contributed by atoms with Gasteiger partial charge in [0, 0.05) is 43.5 Å². The molecule has 4 heterocycles. The number of hydrogen-bond acceptors (Lipinski definition) is 4. The van der Waals surface area contributed by atoms with Crippen molar-refractivity contribution >= 4 is 65.6 Å². The minimum atomic E-state index is -0.127. The summed E-state index contributed by atoms with van der Waals surface area (Å²) in [5, 5.41) is 7.05. The Labute approximate surface area is 359 Å². The van der Waals surface area contributed by atoms with Gasteiger partial charge in [-0.1, -0.05) is 111 Å². The fourth-order valence-electron chi connectivity index (χ4n) is 12.2. The topological polar surface area (TPSA) is 61.7 Å². The summed E-state index contributed by atoms with van der Waals surface area (Å²) in [6.07, 6.45) is 5.86. The quantitative estimate of drug-likeness (QED) is 0.174. The molecule has 0 radical (unpaired) electrons. The highest BCUT2D eigenvalue weighted by atomic mass is 16.3. The molecular weight excluding hydrogens is 759 g/mol. The minimum Gasteiger partial charge on any atom is -0.456 e. The molecular formula is C56H45N5O. The fraction of sp³-hybridized carbons (Fsp3) is 0.196. The van der Waals surface area contributed by atoms with Crippen molar-refractivity contribution in [2.45, 2.75) is 51.4 Å². The average Bonchev–Trinajstić information content (AvgIpc) is 3.96. The van der Waals surface area contributed by atoms with E-state index in [1.807, 2.05) is 6.07 Å². The predicted molar refractivity (Wildman–Crippen MR) is 253 cm³/mol. The van der Waals surface area contributed by atoms with Gasteiger partial charge in [0.2, 0.25) is 0 Å². The summed E-state index contributed by atoms with van der Waals surface area (Å²) < 4.78 is 11.3. The lowest BCUT2D eigenvalue weighted by atomic mass is 9.56. The van der Waals surface area contributed by atoms with Gasteiger partial charge in [-0.2, -0.15) is 0 Å². The van der Waals surface area contributed by atoms with Crippen LogP contribution in [0.4, 0.5) is 0 Å². The Morgan fingerprint density at radius 3 is 1.60 bits per heavy atom. The van der Waals surface area contributed by atoms with Crippen molar-refractivity contribution in [3.8, 4) is 34.2 Å². The fourth-order valence-corrected chi connectivity index (χ4v) is 12.2. The molecule has 13 rings (SSSR count). The Hall–Kier alpha value is -7.05. The van der Waals surface area contributed by atoms with Gasteiger partial charge in [0.25, 0.3) is 0 Å². The molecule has 2 fully saturated rings. The number of furan rings is 1. The largest absolute Gasteiger partial charge is 0.456 e. The zero-order valence-electron chi connectivity index (χ0n) is 34.9. The standard InChI is InChI=1S/C56H45N5O/c1-34-29-36-30-35(2)32-56(31-34,33-36)55-58-53(41-18-6-12-24-47(41)60-44-21-9-3-15-37(44)38-16-4-10-22-45(38)60)57-54(59-55)42-19-7-13-25-48(42)61-46-23-11-5-17-39(46)40-27-28-50-51(52(40)61)43-20-8-14-26-49(43)62-50/h3-28,34-36H,29-33H2,1-2H3/t34-,35+,36-,56?. The third kappa shape index (κ3) is 5.25. The Kier molecular flexibility index (Phi) is 7.75. The summed E-state index contributed by atoms with van der Waals surface area (Å²) in [7, 11) is 0. The van der Waals surface area contributed by atoms with E-state index in [-0.39, 0.29) is 5.41 Å². The predicted octanol–water partition coefficient (Wildman–Crippen LogP) is 14.4. The Morgan fingerprint density at radius 2 is 0.968 bits per heavy atom. The van der Waals surface area contributed by atoms with Crippen LogP contribution in [-0.4, -0.2) is 24.1 Å². The maximum absolute atomic E-state index is 6.51. The van der Waals surface area contributed by atoms with Gasteiger partial charge in [-0.15, -0.1) is 0 Å². The van der Waals surface area contributed by atoms with E-state index in [1.165, 1.54) is 34.4 Å². The minimum absolute atomic E-state index is 0.127. The molecule has 2 saturated carbocycles. The Balaban J connectivity index is 1.11. The molecule has 0 aliphatic heterocycles. The molecule has 0 spiro atoms. The molecule has 2 aliphatic carbocycles. The lowest BCUT2D eigenvalue weighted by Crippen LogP contribution is -2.43. The van der Waals surface area contributed by atoms with Crippen molar-refractivity contribution in [3.63, 3.8) is 0 Å². The first-order valence-corrected chi connectivity index (χ1v) is 22.3. The lowest BCUT2D eigenvalue weighted by molar-refractivity contribution is 0.0720. The van der Waals surface area contributed by atoms with Gasteiger partial charge in [-0.3, -0.25) is 0 Å². The second-order valence-electron chi connectivity index (χ2n) is 18.4. The molecule has 1 unspecified atom stereocenters. The maximum Gasteiger partial charge on any atom is 0.165 e. The maximum atomic E-state index is 6.51. The van der Waals surface area contributed by atoms with Crippen LogP contribution in [-0.2, 0) is 5.41 Å². The van der Waals surface area contributed by atoms with Crippen molar-refractivity contribution in [1.82, 2.24) is 24.1 Å². The molecule has 0 amide bonds. The molecule has 4 aromatic heterocycles. The van der Waals surface area contributed by atoms with Crippen molar-refractivity contribution < 1.29 is 4.42 Å². The van der Waals surface area contributed by atoms with E-state index in [1.54, 1.807) is 0 Å². The SMILES string of the molecule is C[C@@H]1C[C@@H]2C[C@H](C)CC(c3nc(-c4ccccc4-n4c5ccccc5c5ccccc54)nc(-c4ccccc4-n4c5ccccc5c5ccc6oc7ccccc7c6c54)n3)(C1)C2. The molecule has 62 heavy (non-hydrogen) atoms. The van der Waals surface area contributed by atoms with E-state index in [9.17, 15) is 0 Å². The zero-order chi connectivity index (χ0) is 41.1. The second-order valence-corrected chi connectivity index (χ2v) is 18.4. The van der Waals surface area contributed by atoms with Crippen molar-refractivity contribution in [2.24, 2.45) is 17.8 Å². The van der Waals surface area contributed by atoms with Gasteiger partial charge in [-0.05, 0) is 111 Å². The molecule has 11 aromatic rings. The van der Waals surface area contributed by atoms with Crippen LogP contribution >= 0.6 is 0 Å². The summed E-state index contributed by atoms with van der Waals surface area (Å²) in [4.78, 5) is 17.0. The monoisotopic (exact) mass is 803 g/mol. The molecule has 0 saturated heterocycles. The van der Waals surface area contributed by atoms with Gasteiger partial charge >= 0.3 is 0 Å². The van der Waals surface area contributed by atoms with Crippen molar-refractivity contribution in [2.75, 3.05) is 0 Å². The zero-order valence-corrected chi connectivity index (χ0v) is 34.9. The molecule has 0 N–H and O–H groups in total. The molecule has 2 bridgehead atoms. The summed E-state index contributed by atoms with van der Waals surface area (Å²) in [6.45, 7) is 4.88. The van der Waals surface area contributed by atoms with Gasteiger partial charge in [-0.25, -0.2) is 15.0 Å². The van der Waals surface area contributed by atoms with E-state index < -0.39 is 0 Å². The highest BCUT2D eigenvalue weighted by molar-refractivity contribution is 6.24. The molecule has 6 heteroatoms. The smallest absolute Gasteiger partial charge is 0.165 e. The highest BCUT2D eigenvalue weighted by Crippen LogP contribution is 2.54. The van der Waals surface area contributed by atoms with Gasteiger partial charge < -0.3 is 13.6 Å². The first-order chi connectivity index (χ1) is 30.5. The van der Waals surface area contributed by atoms with Crippen LogP contribution in [0.5, 0.6) is 0 Å². The number of hydrogen-bond donors (Lipinski definition) is 0. The van der Waals surface area contributed by atoms with Crippen LogP contribution in [0, 0.1) is 17.8 Å².